The van der Waals surface area contributed by atoms with Gasteiger partial charge in [-0.2, -0.15) is 8.78 Å². The van der Waals surface area contributed by atoms with Crippen LogP contribution in [0.1, 0.15) is 37.3 Å². The fourth-order valence-electron chi connectivity index (χ4n) is 2.92. The van der Waals surface area contributed by atoms with Crippen molar-refractivity contribution < 1.29 is 36.9 Å². The Morgan fingerprint density at radius 3 is 2.23 bits per heavy atom. The first kappa shape index (κ1) is 23.5. The molecule has 0 saturated carbocycles. The molecule has 0 spiro atoms. The molecule has 0 bridgehead atoms. The molecule has 8 heteroatoms. The lowest BCUT2D eigenvalue weighted by Crippen LogP contribution is -2.07. The second-order valence-corrected chi connectivity index (χ2v) is 7.11. The fraction of sp³-hybridized carbons (Fsp3) is 0.409. The molecule has 1 N–H and O–H groups in total. The van der Waals surface area contributed by atoms with Gasteiger partial charge in [0, 0.05) is 18.1 Å². The van der Waals surface area contributed by atoms with E-state index in [2.05, 4.69) is 0 Å². The van der Waals surface area contributed by atoms with Crippen molar-refractivity contribution in [3.63, 3.8) is 0 Å². The first-order chi connectivity index (χ1) is 14.3. The molecule has 0 amide bonds. The zero-order valence-corrected chi connectivity index (χ0v) is 16.8. The molecule has 2 aromatic rings. The first-order valence-electron chi connectivity index (χ1n) is 9.59. The highest BCUT2D eigenvalue weighted by Gasteiger charge is 2.20. The summed E-state index contributed by atoms with van der Waals surface area (Å²) in [4.78, 5) is 10.6. The Morgan fingerprint density at radius 2 is 1.63 bits per heavy atom. The lowest BCUT2D eigenvalue weighted by molar-refractivity contribution is -0.108. The molecule has 2 rings (SSSR count). The van der Waals surface area contributed by atoms with E-state index in [4.69, 9.17) is 9.47 Å². The van der Waals surface area contributed by atoms with E-state index in [9.17, 15) is 27.5 Å². The molecule has 0 aromatic heterocycles. The number of aromatic hydroxyl groups is 1. The minimum atomic E-state index is -1.57. The van der Waals surface area contributed by atoms with Gasteiger partial charge in [-0.05, 0) is 43.7 Å². The number of aldehydes is 1. The van der Waals surface area contributed by atoms with E-state index in [0.717, 1.165) is 11.8 Å². The predicted molar refractivity (Wildman–Crippen MR) is 103 cm³/mol. The number of hydrogen-bond acceptors (Lipinski definition) is 4. The monoisotopic (exact) mass is 428 g/mol. The van der Waals surface area contributed by atoms with Crippen molar-refractivity contribution in [1.29, 1.82) is 0 Å². The van der Waals surface area contributed by atoms with Crippen molar-refractivity contribution in [2.24, 2.45) is 5.92 Å². The maximum absolute atomic E-state index is 13.5. The maximum atomic E-state index is 13.5. The second kappa shape index (κ2) is 10.8. The van der Waals surface area contributed by atoms with Crippen molar-refractivity contribution in [3.05, 3.63) is 52.6 Å². The highest BCUT2D eigenvalue weighted by atomic mass is 19.2. The van der Waals surface area contributed by atoms with Gasteiger partial charge in [0.2, 0.25) is 11.6 Å². The van der Waals surface area contributed by atoms with Crippen LogP contribution in [0.4, 0.5) is 17.6 Å². The number of halogens is 4. The molecule has 0 heterocycles. The SMILES string of the molecule is Cc1c(OCCCCOc2c(F)c(F)cc(F)c2F)ccc(CC(C)CC=O)c1O. The van der Waals surface area contributed by atoms with Crippen LogP contribution < -0.4 is 9.47 Å². The number of ether oxygens (including phenoxy) is 2. The van der Waals surface area contributed by atoms with Crippen LogP contribution in [0, 0.1) is 36.1 Å². The zero-order valence-electron chi connectivity index (χ0n) is 16.8. The van der Waals surface area contributed by atoms with Gasteiger partial charge >= 0.3 is 0 Å². The number of phenolic OH excluding ortho intramolecular Hbond substituents is 1. The van der Waals surface area contributed by atoms with Crippen LogP contribution in [0.15, 0.2) is 18.2 Å². The molecule has 0 aliphatic rings. The van der Waals surface area contributed by atoms with Crippen LogP contribution in [0.5, 0.6) is 17.2 Å². The summed E-state index contributed by atoms with van der Waals surface area (Å²) in [6.45, 7) is 3.72. The van der Waals surface area contributed by atoms with Gasteiger partial charge in [0.25, 0.3) is 0 Å². The normalized spacial score (nSPS) is 11.9. The molecular weight excluding hydrogens is 404 g/mol. The number of carbonyl (C=O) groups is 1. The van der Waals surface area contributed by atoms with Crippen molar-refractivity contribution in [2.75, 3.05) is 13.2 Å². The summed E-state index contributed by atoms with van der Waals surface area (Å²) < 4.78 is 63.7. The van der Waals surface area contributed by atoms with E-state index in [1.54, 1.807) is 19.1 Å². The molecule has 4 nitrogen and oxygen atoms in total. The largest absolute Gasteiger partial charge is 0.507 e. The Kier molecular flexibility index (Phi) is 8.50. The quantitative estimate of drug-likeness (QED) is 0.230. The number of phenols is 1. The lowest BCUT2D eigenvalue weighted by Gasteiger charge is -2.15. The molecule has 0 aliphatic carbocycles. The van der Waals surface area contributed by atoms with Crippen LogP contribution in [0.2, 0.25) is 0 Å². The summed E-state index contributed by atoms with van der Waals surface area (Å²) in [5.41, 5.74) is 1.30. The summed E-state index contributed by atoms with van der Waals surface area (Å²) >= 11 is 0. The van der Waals surface area contributed by atoms with Crippen molar-refractivity contribution in [2.45, 2.75) is 39.5 Å². The second-order valence-electron chi connectivity index (χ2n) is 7.11. The average molecular weight is 428 g/mol. The smallest absolute Gasteiger partial charge is 0.203 e. The molecule has 0 fully saturated rings. The first-order valence-corrected chi connectivity index (χ1v) is 9.59. The van der Waals surface area contributed by atoms with Crippen molar-refractivity contribution >= 4 is 6.29 Å². The van der Waals surface area contributed by atoms with Crippen LogP contribution in [-0.2, 0) is 11.2 Å². The molecule has 2 aromatic carbocycles. The number of carbonyl (C=O) groups excluding carboxylic acids is 1. The third kappa shape index (κ3) is 5.87. The minimum Gasteiger partial charge on any atom is -0.507 e. The van der Waals surface area contributed by atoms with E-state index < -0.39 is 29.0 Å². The lowest BCUT2D eigenvalue weighted by atomic mass is 9.96. The molecule has 0 radical (unpaired) electrons. The molecule has 164 valence electrons. The van der Waals surface area contributed by atoms with Crippen molar-refractivity contribution in [1.82, 2.24) is 0 Å². The van der Waals surface area contributed by atoms with Crippen LogP contribution >= 0.6 is 0 Å². The number of rotatable bonds is 11. The van der Waals surface area contributed by atoms with Crippen molar-refractivity contribution in [3.8, 4) is 17.2 Å². The highest BCUT2D eigenvalue weighted by molar-refractivity contribution is 5.51. The van der Waals surface area contributed by atoms with Gasteiger partial charge in [-0.3, -0.25) is 0 Å². The molecule has 0 saturated heterocycles. The van der Waals surface area contributed by atoms with Crippen LogP contribution in [-0.4, -0.2) is 24.6 Å². The fourth-order valence-corrected chi connectivity index (χ4v) is 2.92. The Morgan fingerprint density at radius 1 is 1.03 bits per heavy atom. The molecular formula is C22H24F4O4. The predicted octanol–water partition coefficient (Wildman–Crippen LogP) is 5.26. The van der Waals surface area contributed by atoms with E-state index in [-0.39, 0.29) is 30.9 Å². The molecule has 1 atom stereocenters. The Balaban J connectivity index is 1.82. The number of unbranched alkanes of at least 4 members (excludes halogenated alkanes) is 1. The van der Waals surface area contributed by atoms with E-state index >= 15 is 0 Å². The molecule has 30 heavy (non-hydrogen) atoms. The summed E-state index contributed by atoms with van der Waals surface area (Å²) in [6.07, 6.45) is 2.59. The summed E-state index contributed by atoms with van der Waals surface area (Å²) in [6, 6.07) is 3.60. The van der Waals surface area contributed by atoms with Gasteiger partial charge in [-0.25, -0.2) is 8.78 Å². The number of benzene rings is 2. The third-order valence-corrected chi connectivity index (χ3v) is 4.65. The Labute approximate surface area is 172 Å². The van der Waals surface area contributed by atoms with E-state index in [0.29, 0.717) is 37.0 Å². The zero-order chi connectivity index (χ0) is 22.3. The molecule has 1 unspecified atom stereocenters. The minimum absolute atomic E-state index is 0.112. The number of hydrogen-bond donors (Lipinski definition) is 1. The third-order valence-electron chi connectivity index (χ3n) is 4.65. The van der Waals surface area contributed by atoms with Gasteiger partial charge in [-0.15, -0.1) is 0 Å². The van der Waals surface area contributed by atoms with Gasteiger partial charge < -0.3 is 19.4 Å². The van der Waals surface area contributed by atoms with Gasteiger partial charge in [0.1, 0.15) is 17.8 Å². The van der Waals surface area contributed by atoms with Gasteiger partial charge in [-0.1, -0.05) is 13.0 Å². The topological polar surface area (TPSA) is 55.8 Å². The summed E-state index contributed by atoms with van der Waals surface area (Å²) in [5, 5.41) is 10.3. The highest BCUT2D eigenvalue weighted by Crippen LogP contribution is 2.32. The van der Waals surface area contributed by atoms with E-state index in [1.165, 1.54) is 0 Å². The van der Waals surface area contributed by atoms with Gasteiger partial charge in [0.05, 0.1) is 13.2 Å². The summed E-state index contributed by atoms with van der Waals surface area (Å²) in [5.74, 6) is -6.54. The average Bonchev–Trinajstić information content (AvgIpc) is 2.70. The maximum Gasteiger partial charge on any atom is 0.203 e. The molecule has 0 aliphatic heterocycles. The van der Waals surface area contributed by atoms with Gasteiger partial charge in [0.15, 0.2) is 17.4 Å². The van der Waals surface area contributed by atoms with Crippen LogP contribution in [0.25, 0.3) is 0 Å². The summed E-state index contributed by atoms with van der Waals surface area (Å²) in [7, 11) is 0. The Hall–Kier alpha value is -2.77. The standard InChI is InChI=1S/C22H24F4O4/c1-13(7-8-27)11-15-5-6-18(14(2)21(15)28)29-9-3-4-10-30-22-19(25)16(23)12-17(24)20(22)26/h5-6,8,12-13,28H,3-4,7,9-11H2,1-2H3. The van der Waals surface area contributed by atoms with E-state index in [1.807, 2.05) is 6.92 Å². The Bertz CT molecular complexity index is 860. The van der Waals surface area contributed by atoms with Crippen LogP contribution in [0.3, 0.4) is 0 Å².